The third kappa shape index (κ3) is 4.72. The van der Waals surface area contributed by atoms with E-state index in [9.17, 15) is 19.2 Å². The van der Waals surface area contributed by atoms with Crippen molar-refractivity contribution in [2.45, 2.75) is 46.1 Å². The predicted octanol–water partition coefficient (Wildman–Crippen LogP) is 3.54. The minimum absolute atomic E-state index is 0.0383. The van der Waals surface area contributed by atoms with Crippen molar-refractivity contribution in [2.75, 3.05) is 6.73 Å². The molecule has 7 heteroatoms. The van der Waals surface area contributed by atoms with Gasteiger partial charge in [0.2, 0.25) is 0 Å². The van der Waals surface area contributed by atoms with E-state index < -0.39 is 36.5 Å². The van der Waals surface area contributed by atoms with Crippen molar-refractivity contribution in [3.8, 4) is 0 Å². The zero-order chi connectivity index (χ0) is 23.6. The fourth-order valence-electron chi connectivity index (χ4n) is 3.42. The minimum atomic E-state index is -0.931. The van der Waals surface area contributed by atoms with Gasteiger partial charge in [0, 0.05) is 5.56 Å². The van der Waals surface area contributed by atoms with Crippen LogP contribution < -0.4 is 5.32 Å². The number of imide groups is 1. The molecule has 1 heterocycles. The Morgan fingerprint density at radius 2 is 1.47 bits per heavy atom. The summed E-state index contributed by atoms with van der Waals surface area (Å²) in [4.78, 5) is 51.1. The van der Waals surface area contributed by atoms with E-state index in [0.717, 1.165) is 10.5 Å². The molecule has 0 fully saturated rings. The number of rotatable bonds is 6. The average Bonchev–Trinajstić information content (AvgIpc) is 2.99. The molecule has 1 atom stereocenters. The topological polar surface area (TPSA) is 92.8 Å². The predicted molar refractivity (Wildman–Crippen MR) is 119 cm³/mol. The Morgan fingerprint density at radius 1 is 0.938 bits per heavy atom. The van der Waals surface area contributed by atoms with Gasteiger partial charge in [-0.2, -0.15) is 0 Å². The van der Waals surface area contributed by atoms with Crippen LogP contribution in [0.5, 0.6) is 0 Å². The first kappa shape index (κ1) is 23.2. The standard InChI is InChI=1S/C25H28N2O5/c1-15(2)20(26-21(28)16-10-12-17(13-11-16)25(3,4)5)24(31)32-14-27-22(29)18-8-6-7-9-19(18)23(27)30/h6-13,15,20H,14H2,1-5H3,(H,26,28)/t20-/m0/s1. The number of benzene rings is 2. The smallest absolute Gasteiger partial charge is 0.330 e. The lowest BCUT2D eigenvalue weighted by atomic mass is 9.86. The van der Waals surface area contributed by atoms with E-state index in [1.165, 1.54) is 0 Å². The van der Waals surface area contributed by atoms with Crippen LogP contribution in [0.4, 0.5) is 0 Å². The van der Waals surface area contributed by atoms with E-state index in [0.29, 0.717) is 5.56 Å². The summed E-state index contributed by atoms with van der Waals surface area (Å²) in [5.74, 6) is -2.40. The molecular weight excluding hydrogens is 408 g/mol. The average molecular weight is 437 g/mol. The van der Waals surface area contributed by atoms with E-state index >= 15 is 0 Å². The van der Waals surface area contributed by atoms with Crippen LogP contribution in [0, 0.1) is 5.92 Å². The van der Waals surface area contributed by atoms with Gasteiger partial charge in [-0.3, -0.25) is 14.4 Å². The highest BCUT2D eigenvalue weighted by atomic mass is 16.5. The van der Waals surface area contributed by atoms with Gasteiger partial charge < -0.3 is 10.1 Å². The molecule has 0 saturated heterocycles. The number of nitrogens with zero attached hydrogens (tertiary/aromatic N) is 1. The number of esters is 1. The first-order valence-corrected chi connectivity index (χ1v) is 10.5. The molecule has 0 radical (unpaired) electrons. The normalized spacial score (nSPS) is 14.4. The van der Waals surface area contributed by atoms with Crippen molar-refractivity contribution < 1.29 is 23.9 Å². The summed E-state index contributed by atoms with van der Waals surface area (Å²) in [5, 5.41) is 2.70. The molecule has 0 aliphatic carbocycles. The van der Waals surface area contributed by atoms with Crippen LogP contribution in [0.3, 0.4) is 0 Å². The first-order valence-electron chi connectivity index (χ1n) is 10.5. The molecule has 7 nitrogen and oxygen atoms in total. The van der Waals surface area contributed by atoms with Crippen LogP contribution in [0.25, 0.3) is 0 Å². The van der Waals surface area contributed by atoms with Crippen LogP contribution in [0.1, 0.15) is 71.3 Å². The lowest BCUT2D eigenvalue weighted by Crippen LogP contribution is -2.46. The third-order valence-corrected chi connectivity index (χ3v) is 5.43. The maximum Gasteiger partial charge on any atom is 0.330 e. The summed E-state index contributed by atoms with van der Waals surface area (Å²) in [5.41, 5.74) is 2.04. The monoisotopic (exact) mass is 436 g/mol. The number of hydrogen-bond acceptors (Lipinski definition) is 5. The Morgan fingerprint density at radius 3 is 1.94 bits per heavy atom. The molecule has 0 bridgehead atoms. The molecule has 168 valence electrons. The number of carbonyl (C=O) groups excluding carboxylic acids is 4. The fraction of sp³-hybridized carbons (Fsp3) is 0.360. The van der Waals surface area contributed by atoms with Gasteiger partial charge in [0.05, 0.1) is 11.1 Å². The number of ether oxygens (including phenoxy) is 1. The van der Waals surface area contributed by atoms with E-state index in [-0.39, 0.29) is 22.5 Å². The molecular formula is C25H28N2O5. The molecule has 0 aromatic heterocycles. The number of fused-ring (bicyclic) bond motifs is 1. The van der Waals surface area contributed by atoms with Crippen molar-refractivity contribution in [2.24, 2.45) is 5.92 Å². The maximum absolute atomic E-state index is 12.7. The Bertz CT molecular complexity index is 1020. The van der Waals surface area contributed by atoms with E-state index in [1.807, 2.05) is 12.1 Å². The van der Waals surface area contributed by atoms with E-state index in [4.69, 9.17) is 4.74 Å². The molecule has 32 heavy (non-hydrogen) atoms. The van der Waals surface area contributed by atoms with Crippen molar-refractivity contribution in [3.63, 3.8) is 0 Å². The highest BCUT2D eigenvalue weighted by Gasteiger charge is 2.36. The SMILES string of the molecule is CC(C)[C@H](NC(=O)c1ccc(C(C)(C)C)cc1)C(=O)OCN1C(=O)c2ccccc2C1=O. The maximum atomic E-state index is 12.7. The van der Waals surface area contributed by atoms with E-state index in [1.54, 1.807) is 50.2 Å². The third-order valence-electron chi connectivity index (χ3n) is 5.43. The Kier molecular flexibility index (Phi) is 6.48. The van der Waals surface area contributed by atoms with Crippen molar-refractivity contribution in [1.29, 1.82) is 0 Å². The zero-order valence-electron chi connectivity index (χ0n) is 19.0. The second-order valence-electron chi connectivity index (χ2n) is 9.20. The molecule has 3 rings (SSSR count). The quantitative estimate of drug-likeness (QED) is 0.552. The van der Waals surface area contributed by atoms with Crippen molar-refractivity contribution >= 4 is 23.7 Å². The largest absolute Gasteiger partial charge is 0.442 e. The first-order chi connectivity index (χ1) is 15.0. The Labute approximate surface area is 187 Å². The summed E-state index contributed by atoms with van der Waals surface area (Å²) in [7, 11) is 0. The van der Waals surface area contributed by atoms with Gasteiger partial charge in [0.15, 0.2) is 6.73 Å². The van der Waals surface area contributed by atoms with Gasteiger partial charge >= 0.3 is 5.97 Å². The van der Waals surface area contributed by atoms with Crippen LogP contribution >= 0.6 is 0 Å². The van der Waals surface area contributed by atoms with Gasteiger partial charge in [0.1, 0.15) is 6.04 Å². The Hall–Kier alpha value is -3.48. The summed E-state index contributed by atoms with van der Waals surface area (Å²) in [6.45, 7) is 9.29. The molecule has 2 aromatic rings. The molecule has 1 aliphatic rings. The molecule has 1 N–H and O–H groups in total. The number of carbonyl (C=O) groups is 4. The summed E-state index contributed by atoms with van der Waals surface area (Å²) >= 11 is 0. The number of hydrogen-bond donors (Lipinski definition) is 1. The van der Waals surface area contributed by atoms with Crippen LogP contribution in [0.15, 0.2) is 48.5 Å². The lowest BCUT2D eigenvalue weighted by molar-refractivity contribution is -0.149. The molecule has 2 aromatic carbocycles. The Balaban J connectivity index is 1.64. The van der Waals surface area contributed by atoms with Gasteiger partial charge in [-0.25, -0.2) is 9.69 Å². The van der Waals surface area contributed by atoms with Gasteiger partial charge in [-0.1, -0.05) is 58.9 Å². The molecule has 1 aliphatic heterocycles. The summed E-state index contributed by atoms with van der Waals surface area (Å²) < 4.78 is 5.25. The second-order valence-corrected chi connectivity index (χ2v) is 9.20. The molecule has 3 amide bonds. The van der Waals surface area contributed by atoms with Gasteiger partial charge in [-0.05, 0) is 41.2 Å². The van der Waals surface area contributed by atoms with Crippen molar-refractivity contribution in [3.05, 3.63) is 70.8 Å². The van der Waals surface area contributed by atoms with E-state index in [2.05, 4.69) is 26.1 Å². The summed E-state index contributed by atoms with van der Waals surface area (Å²) in [6.07, 6.45) is 0. The molecule has 0 unspecified atom stereocenters. The zero-order valence-corrected chi connectivity index (χ0v) is 19.0. The van der Waals surface area contributed by atoms with Crippen LogP contribution in [-0.2, 0) is 14.9 Å². The lowest BCUT2D eigenvalue weighted by Gasteiger charge is -2.23. The van der Waals surface area contributed by atoms with Crippen LogP contribution in [0.2, 0.25) is 0 Å². The van der Waals surface area contributed by atoms with Crippen molar-refractivity contribution in [1.82, 2.24) is 10.2 Å². The molecule has 0 spiro atoms. The van der Waals surface area contributed by atoms with Gasteiger partial charge in [-0.15, -0.1) is 0 Å². The summed E-state index contributed by atoms with van der Waals surface area (Å²) in [6, 6.07) is 12.7. The van der Waals surface area contributed by atoms with Gasteiger partial charge in [0.25, 0.3) is 17.7 Å². The molecule has 0 saturated carbocycles. The minimum Gasteiger partial charge on any atom is -0.442 e. The highest BCUT2D eigenvalue weighted by molar-refractivity contribution is 6.21. The second kappa shape index (κ2) is 8.94. The highest BCUT2D eigenvalue weighted by Crippen LogP contribution is 2.23. The number of amides is 3. The fourth-order valence-corrected chi connectivity index (χ4v) is 3.42. The van der Waals surface area contributed by atoms with Crippen LogP contribution in [-0.4, -0.2) is 41.4 Å². The number of nitrogens with one attached hydrogen (secondary N) is 1.